The Kier molecular flexibility index (Phi) is 6.28. The van der Waals surface area contributed by atoms with Crippen molar-refractivity contribution in [1.82, 2.24) is 15.2 Å². The monoisotopic (exact) mass is 417 g/mol. The predicted octanol–water partition coefficient (Wildman–Crippen LogP) is 3.39. The van der Waals surface area contributed by atoms with E-state index in [-0.39, 0.29) is 12.5 Å². The Bertz CT molecular complexity index is 1110. The van der Waals surface area contributed by atoms with Gasteiger partial charge in [-0.15, -0.1) is 0 Å². The zero-order chi connectivity index (χ0) is 21.8. The highest BCUT2D eigenvalue weighted by Gasteiger charge is 2.26. The number of para-hydroxylation sites is 1. The van der Waals surface area contributed by atoms with Gasteiger partial charge in [0.25, 0.3) is 5.91 Å². The van der Waals surface area contributed by atoms with Gasteiger partial charge in [-0.1, -0.05) is 55.0 Å². The van der Waals surface area contributed by atoms with Crippen LogP contribution in [0.25, 0.3) is 10.9 Å². The van der Waals surface area contributed by atoms with Crippen LogP contribution in [0.1, 0.15) is 39.7 Å². The molecule has 160 valence electrons. The number of amides is 1. The Morgan fingerprint density at radius 2 is 1.90 bits per heavy atom. The first-order valence-electron chi connectivity index (χ1n) is 10.7. The van der Waals surface area contributed by atoms with E-state index >= 15 is 0 Å². The van der Waals surface area contributed by atoms with Gasteiger partial charge in [0.15, 0.2) is 6.61 Å². The fraction of sp³-hybridized carbons (Fsp3) is 0.320. The zero-order valence-electron chi connectivity index (χ0n) is 18.0. The summed E-state index contributed by atoms with van der Waals surface area (Å²) in [6.45, 7) is 6.70. The van der Waals surface area contributed by atoms with Crippen LogP contribution in [0.15, 0.2) is 48.5 Å². The van der Waals surface area contributed by atoms with Crippen molar-refractivity contribution in [2.24, 2.45) is 0 Å². The highest BCUT2D eigenvalue weighted by Crippen LogP contribution is 2.28. The zero-order valence-corrected chi connectivity index (χ0v) is 18.0. The van der Waals surface area contributed by atoms with E-state index in [9.17, 15) is 9.59 Å². The molecule has 2 heterocycles. The van der Waals surface area contributed by atoms with E-state index in [2.05, 4.69) is 17.1 Å². The average Bonchev–Trinajstić information content (AvgIpc) is 2.80. The second kappa shape index (κ2) is 9.27. The first-order chi connectivity index (χ1) is 15.0. The topological polar surface area (TPSA) is 71.5 Å². The number of carbonyl (C=O) groups excluding carboxylic acids is 2. The summed E-state index contributed by atoms with van der Waals surface area (Å²) in [5.41, 5.74) is 5.33. The summed E-state index contributed by atoms with van der Waals surface area (Å²) in [6.07, 6.45) is 0.797. The molecule has 0 saturated heterocycles. The lowest BCUT2D eigenvalue weighted by Gasteiger charge is -2.28. The van der Waals surface area contributed by atoms with E-state index in [4.69, 9.17) is 9.72 Å². The smallest absolute Gasteiger partial charge is 0.339 e. The van der Waals surface area contributed by atoms with E-state index in [0.717, 1.165) is 47.2 Å². The average molecular weight is 418 g/mol. The minimum atomic E-state index is -0.474. The molecule has 31 heavy (non-hydrogen) atoms. The van der Waals surface area contributed by atoms with Crippen molar-refractivity contribution in [3.05, 3.63) is 76.5 Å². The van der Waals surface area contributed by atoms with Crippen molar-refractivity contribution in [1.29, 1.82) is 0 Å². The summed E-state index contributed by atoms with van der Waals surface area (Å²) in [6, 6.07) is 15.5. The molecule has 1 amide bonds. The molecule has 6 heteroatoms. The third-order valence-corrected chi connectivity index (χ3v) is 5.72. The van der Waals surface area contributed by atoms with Crippen molar-refractivity contribution in [3.63, 3.8) is 0 Å². The van der Waals surface area contributed by atoms with Gasteiger partial charge in [0.05, 0.1) is 11.1 Å². The normalized spacial score (nSPS) is 13.6. The second-order valence-corrected chi connectivity index (χ2v) is 7.89. The largest absolute Gasteiger partial charge is 0.452 e. The fourth-order valence-corrected chi connectivity index (χ4v) is 3.91. The third-order valence-electron chi connectivity index (χ3n) is 5.72. The van der Waals surface area contributed by atoms with Gasteiger partial charge < -0.3 is 10.1 Å². The van der Waals surface area contributed by atoms with Crippen LogP contribution in [0.5, 0.6) is 0 Å². The number of ether oxygens (including phenoxy) is 1. The van der Waals surface area contributed by atoms with Crippen LogP contribution in [0, 0.1) is 6.92 Å². The first kappa shape index (κ1) is 21.0. The number of nitrogens with one attached hydrogen (secondary N) is 1. The summed E-state index contributed by atoms with van der Waals surface area (Å²) in [4.78, 5) is 32.4. The fourth-order valence-electron chi connectivity index (χ4n) is 3.91. The maximum atomic E-state index is 13.1. The first-order valence-corrected chi connectivity index (χ1v) is 10.7. The molecule has 6 nitrogen and oxygen atoms in total. The summed E-state index contributed by atoms with van der Waals surface area (Å²) < 4.78 is 5.44. The molecule has 3 aromatic rings. The Hall–Kier alpha value is -3.25. The van der Waals surface area contributed by atoms with E-state index in [1.807, 2.05) is 55.5 Å². The lowest BCUT2D eigenvalue weighted by atomic mass is 9.96. The molecule has 0 fully saturated rings. The van der Waals surface area contributed by atoms with Crippen molar-refractivity contribution in [2.75, 3.05) is 19.7 Å². The number of rotatable bonds is 6. The Morgan fingerprint density at radius 1 is 1.13 bits per heavy atom. The summed E-state index contributed by atoms with van der Waals surface area (Å²) in [5.74, 6) is -0.797. The maximum absolute atomic E-state index is 13.1. The molecule has 0 radical (unpaired) electrons. The lowest BCUT2D eigenvalue weighted by Crippen LogP contribution is -2.33. The molecule has 1 aliphatic rings. The van der Waals surface area contributed by atoms with Gasteiger partial charge in [0, 0.05) is 42.7 Å². The molecule has 0 atom stereocenters. The quantitative estimate of drug-likeness (QED) is 0.623. The summed E-state index contributed by atoms with van der Waals surface area (Å²) in [7, 11) is 0. The van der Waals surface area contributed by atoms with Crippen LogP contribution in [0.2, 0.25) is 0 Å². The van der Waals surface area contributed by atoms with Gasteiger partial charge in [-0.05, 0) is 25.1 Å². The molecule has 2 aromatic carbocycles. The molecular formula is C25H27N3O3. The SMILES string of the molecule is CCN1CCc2nc3ccccc3c(C(=O)OCC(=O)NCc3ccc(C)cc3)c2C1. The van der Waals surface area contributed by atoms with Crippen LogP contribution >= 0.6 is 0 Å². The van der Waals surface area contributed by atoms with Gasteiger partial charge in [0.1, 0.15) is 0 Å². The molecule has 1 N–H and O–H groups in total. The van der Waals surface area contributed by atoms with Gasteiger partial charge in [0.2, 0.25) is 0 Å². The van der Waals surface area contributed by atoms with Crippen LogP contribution in [0.3, 0.4) is 0 Å². The number of pyridine rings is 1. The van der Waals surface area contributed by atoms with Gasteiger partial charge >= 0.3 is 5.97 Å². The van der Waals surface area contributed by atoms with Crippen LogP contribution in [-0.2, 0) is 29.0 Å². The Balaban J connectivity index is 1.49. The van der Waals surface area contributed by atoms with Gasteiger partial charge in [-0.25, -0.2) is 4.79 Å². The number of fused-ring (bicyclic) bond motifs is 2. The molecule has 0 saturated carbocycles. The lowest BCUT2D eigenvalue weighted by molar-refractivity contribution is -0.124. The minimum Gasteiger partial charge on any atom is -0.452 e. The molecule has 0 bridgehead atoms. The van der Waals surface area contributed by atoms with Crippen molar-refractivity contribution >= 4 is 22.8 Å². The molecule has 1 aliphatic heterocycles. The van der Waals surface area contributed by atoms with E-state index in [1.165, 1.54) is 5.56 Å². The molecule has 0 aliphatic carbocycles. The number of carbonyl (C=O) groups is 2. The standard InChI is InChI=1S/C25H27N3O3/c1-3-28-13-12-22-20(15-28)24(19-6-4-5-7-21(19)27-22)25(30)31-16-23(29)26-14-18-10-8-17(2)9-11-18/h4-11H,3,12-16H2,1-2H3,(H,26,29). The highest BCUT2D eigenvalue weighted by molar-refractivity contribution is 6.05. The highest BCUT2D eigenvalue weighted by atomic mass is 16.5. The molecular weight excluding hydrogens is 390 g/mol. The second-order valence-electron chi connectivity index (χ2n) is 7.89. The molecule has 0 unspecified atom stereocenters. The van der Waals surface area contributed by atoms with E-state index in [1.54, 1.807) is 0 Å². The maximum Gasteiger partial charge on any atom is 0.339 e. The number of aromatic nitrogens is 1. The molecule has 1 aromatic heterocycles. The number of hydrogen-bond acceptors (Lipinski definition) is 5. The van der Waals surface area contributed by atoms with E-state index in [0.29, 0.717) is 18.7 Å². The number of esters is 1. The van der Waals surface area contributed by atoms with Crippen molar-refractivity contribution < 1.29 is 14.3 Å². The molecule has 0 spiro atoms. The number of hydrogen-bond donors (Lipinski definition) is 1. The van der Waals surface area contributed by atoms with Crippen LogP contribution in [-0.4, -0.2) is 41.5 Å². The third kappa shape index (κ3) is 4.75. The number of likely N-dealkylation sites (N-methyl/N-ethyl adjacent to an activating group) is 1. The van der Waals surface area contributed by atoms with Crippen LogP contribution in [0.4, 0.5) is 0 Å². The number of benzene rings is 2. The summed E-state index contributed by atoms with van der Waals surface area (Å²) >= 11 is 0. The Morgan fingerprint density at radius 3 is 2.68 bits per heavy atom. The predicted molar refractivity (Wildman–Crippen MR) is 120 cm³/mol. The Labute approximate surface area is 182 Å². The summed E-state index contributed by atoms with van der Waals surface area (Å²) in [5, 5.41) is 3.57. The number of nitrogens with zero attached hydrogens (tertiary/aromatic N) is 2. The van der Waals surface area contributed by atoms with Crippen LogP contribution < -0.4 is 5.32 Å². The van der Waals surface area contributed by atoms with Gasteiger partial charge in [-0.3, -0.25) is 14.7 Å². The molecule has 4 rings (SSSR count). The minimum absolute atomic E-state index is 0.312. The van der Waals surface area contributed by atoms with Crippen molar-refractivity contribution in [3.8, 4) is 0 Å². The van der Waals surface area contributed by atoms with Gasteiger partial charge in [-0.2, -0.15) is 0 Å². The number of aryl methyl sites for hydroxylation is 1. The van der Waals surface area contributed by atoms with E-state index < -0.39 is 5.97 Å². The van der Waals surface area contributed by atoms with Crippen molar-refractivity contribution in [2.45, 2.75) is 33.4 Å².